The molecule has 1 heterocycles. The third kappa shape index (κ3) is 5.95. The van der Waals surface area contributed by atoms with Crippen LogP contribution in [0.4, 0.5) is 4.79 Å². The first-order valence-electron chi connectivity index (χ1n) is 5.42. The van der Waals surface area contributed by atoms with Gasteiger partial charge in [-0.15, -0.1) is 11.3 Å². The molecular weight excluding hydrogens is 256 g/mol. The molecule has 96 valence electrons. The molecule has 1 atom stereocenters. The van der Waals surface area contributed by atoms with Crippen LogP contribution >= 0.6 is 23.1 Å². The van der Waals surface area contributed by atoms with Gasteiger partial charge in [0.2, 0.25) is 0 Å². The fourth-order valence-electron chi connectivity index (χ4n) is 1.37. The highest BCUT2D eigenvalue weighted by atomic mass is 32.2. The summed E-state index contributed by atoms with van der Waals surface area (Å²) in [7, 11) is 0. The summed E-state index contributed by atoms with van der Waals surface area (Å²) in [6.07, 6.45) is 2.57. The van der Waals surface area contributed by atoms with E-state index in [1.807, 2.05) is 23.8 Å². The van der Waals surface area contributed by atoms with Gasteiger partial charge in [0.05, 0.1) is 6.54 Å². The molecule has 2 amide bonds. The van der Waals surface area contributed by atoms with Crippen LogP contribution in [-0.4, -0.2) is 35.8 Å². The highest BCUT2D eigenvalue weighted by Crippen LogP contribution is 2.07. The molecule has 0 aliphatic rings. The van der Waals surface area contributed by atoms with Crippen LogP contribution < -0.4 is 10.6 Å². The van der Waals surface area contributed by atoms with Crippen molar-refractivity contribution < 1.29 is 9.90 Å². The molecule has 0 radical (unpaired) electrons. The zero-order valence-corrected chi connectivity index (χ0v) is 11.4. The first kappa shape index (κ1) is 14.3. The summed E-state index contributed by atoms with van der Waals surface area (Å²) < 4.78 is 0. The summed E-state index contributed by atoms with van der Waals surface area (Å²) in [4.78, 5) is 12.7. The van der Waals surface area contributed by atoms with Crippen LogP contribution in [0.15, 0.2) is 17.5 Å². The Labute approximate surface area is 110 Å². The maximum Gasteiger partial charge on any atom is 0.315 e. The zero-order valence-electron chi connectivity index (χ0n) is 9.81. The average molecular weight is 274 g/mol. The van der Waals surface area contributed by atoms with E-state index in [4.69, 9.17) is 5.11 Å². The van der Waals surface area contributed by atoms with Crippen LogP contribution in [0.5, 0.6) is 0 Å². The van der Waals surface area contributed by atoms with Crippen LogP contribution in [0.1, 0.15) is 11.3 Å². The molecule has 4 nitrogen and oxygen atoms in total. The van der Waals surface area contributed by atoms with E-state index < -0.39 is 0 Å². The Hall–Kier alpha value is -0.720. The van der Waals surface area contributed by atoms with Gasteiger partial charge >= 0.3 is 6.03 Å². The Morgan fingerprint density at radius 1 is 1.65 bits per heavy atom. The van der Waals surface area contributed by atoms with Crippen molar-refractivity contribution in [2.24, 2.45) is 0 Å². The highest BCUT2D eigenvalue weighted by Gasteiger charge is 2.10. The van der Waals surface area contributed by atoms with E-state index >= 15 is 0 Å². The summed E-state index contributed by atoms with van der Waals surface area (Å²) in [6.45, 7) is 0.644. The molecule has 1 aromatic heterocycles. The molecule has 0 aromatic carbocycles. The summed E-state index contributed by atoms with van der Waals surface area (Å²) in [6, 6.07) is 3.80. The zero-order chi connectivity index (χ0) is 12.5. The normalized spacial score (nSPS) is 12.1. The lowest BCUT2D eigenvalue weighted by Gasteiger charge is -2.16. The molecule has 0 saturated heterocycles. The highest BCUT2D eigenvalue weighted by molar-refractivity contribution is 7.98. The molecular formula is C11H18N2O2S2. The summed E-state index contributed by atoms with van der Waals surface area (Å²) >= 11 is 3.27. The number of aliphatic hydroxyl groups excluding tert-OH is 1. The first-order valence-corrected chi connectivity index (χ1v) is 7.70. The fraction of sp³-hybridized carbons (Fsp3) is 0.545. The lowest BCUT2D eigenvalue weighted by molar-refractivity contribution is 0.231. The molecule has 17 heavy (non-hydrogen) atoms. The lowest BCUT2D eigenvalue weighted by atomic mass is 10.2. The van der Waals surface area contributed by atoms with Crippen molar-refractivity contribution in [3.63, 3.8) is 0 Å². The minimum atomic E-state index is -0.175. The van der Waals surface area contributed by atoms with Gasteiger partial charge in [0.1, 0.15) is 0 Å². The van der Waals surface area contributed by atoms with E-state index in [1.54, 1.807) is 23.1 Å². The number of rotatable bonds is 7. The second-order valence-corrected chi connectivity index (χ2v) is 5.51. The van der Waals surface area contributed by atoms with E-state index in [2.05, 4.69) is 10.6 Å². The Bertz CT molecular complexity index is 311. The SMILES string of the molecule is CSCC(CCO)NC(=O)NCc1cccs1. The molecule has 0 fully saturated rings. The largest absolute Gasteiger partial charge is 0.396 e. The number of thiophene rings is 1. The molecule has 1 aromatic rings. The van der Waals surface area contributed by atoms with Gasteiger partial charge in [-0.3, -0.25) is 0 Å². The lowest BCUT2D eigenvalue weighted by Crippen LogP contribution is -2.43. The van der Waals surface area contributed by atoms with E-state index in [9.17, 15) is 4.79 Å². The Balaban J connectivity index is 2.26. The van der Waals surface area contributed by atoms with Gasteiger partial charge < -0.3 is 15.7 Å². The average Bonchev–Trinajstić information content (AvgIpc) is 2.80. The number of amides is 2. The quantitative estimate of drug-likeness (QED) is 0.708. The number of aliphatic hydroxyl groups is 1. The number of thioether (sulfide) groups is 1. The fourth-order valence-corrected chi connectivity index (χ4v) is 2.67. The van der Waals surface area contributed by atoms with Crippen LogP contribution in [-0.2, 0) is 6.54 Å². The van der Waals surface area contributed by atoms with Crippen molar-refractivity contribution in [3.05, 3.63) is 22.4 Å². The number of hydrogen-bond acceptors (Lipinski definition) is 4. The van der Waals surface area contributed by atoms with Crippen LogP contribution in [0.2, 0.25) is 0 Å². The Morgan fingerprint density at radius 3 is 3.06 bits per heavy atom. The van der Waals surface area contributed by atoms with E-state index in [-0.39, 0.29) is 18.7 Å². The predicted octanol–water partition coefficient (Wildman–Crippen LogP) is 1.66. The first-order chi connectivity index (χ1) is 8.26. The van der Waals surface area contributed by atoms with E-state index in [1.165, 1.54) is 0 Å². The van der Waals surface area contributed by atoms with Gasteiger partial charge in [0.25, 0.3) is 0 Å². The second kappa shape index (κ2) is 8.38. The van der Waals surface area contributed by atoms with Gasteiger partial charge in [-0.2, -0.15) is 11.8 Å². The van der Waals surface area contributed by atoms with Crippen molar-refractivity contribution in [2.75, 3.05) is 18.6 Å². The van der Waals surface area contributed by atoms with E-state index in [0.29, 0.717) is 13.0 Å². The molecule has 0 saturated carbocycles. The van der Waals surface area contributed by atoms with Crippen molar-refractivity contribution in [2.45, 2.75) is 19.0 Å². The van der Waals surface area contributed by atoms with Crippen molar-refractivity contribution in [1.29, 1.82) is 0 Å². The molecule has 3 N–H and O–H groups in total. The van der Waals surface area contributed by atoms with Gasteiger partial charge in [0, 0.05) is 23.3 Å². The standard InChI is InChI=1S/C11H18N2O2S2/c1-16-8-9(4-5-14)13-11(15)12-7-10-3-2-6-17-10/h2-3,6,9,14H,4-5,7-8H2,1H3,(H2,12,13,15). The molecule has 1 unspecified atom stereocenters. The van der Waals surface area contributed by atoms with Crippen LogP contribution in [0.25, 0.3) is 0 Å². The molecule has 0 spiro atoms. The summed E-state index contributed by atoms with van der Waals surface area (Å²) in [5, 5.41) is 16.5. The molecule has 0 aliphatic carbocycles. The van der Waals surface area contributed by atoms with Crippen LogP contribution in [0.3, 0.4) is 0 Å². The van der Waals surface area contributed by atoms with Gasteiger partial charge in [-0.1, -0.05) is 6.07 Å². The number of hydrogen-bond donors (Lipinski definition) is 3. The van der Waals surface area contributed by atoms with Crippen molar-refractivity contribution in [1.82, 2.24) is 10.6 Å². The number of carbonyl (C=O) groups excluding carboxylic acids is 1. The summed E-state index contributed by atoms with van der Waals surface area (Å²) in [5.41, 5.74) is 0. The predicted molar refractivity (Wildman–Crippen MR) is 73.6 cm³/mol. The van der Waals surface area contributed by atoms with Crippen LogP contribution in [0, 0.1) is 0 Å². The van der Waals surface area contributed by atoms with Gasteiger partial charge in [0.15, 0.2) is 0 Å². The summed E-state index contributed by atoms with van der Waals surface area (Å²) in [5.74, 6) is 0.812. The molecule has 6 heteroatoms. The minimum Gasteiger partial charge on any atom is -0.396 e. The third-order valence-electron chi connectivity index (χ3n) is 2.18. The van der Waals surface area contributed by atoms with Gasteiger partial charge in [-0.25, -0.2) is 4.79 Å². The molecule has 1 rings (SSSR count). The maximum absolute atomic E-state index is 11.6. The monoisotopic (exact) mass is 274 g/mol. The maximum atomic E-state index is 11.6. The number of urea groups is 1. The smallest absolute Gasteiger partial charge is 0.315 e. The van der Waals surface area contributed by atoms with Gasteiger partial charge in [-0.05, 0) is 24.1 Å². The molecule has 0 aliphatic heterocycles. The Kier molecular flexibility index (Phi) is 7.07. The van der Waals surface area contributed by atoms with Crippen molar-refractivity contribution >= 4 is 29.1 Å². The second-order valence-electron chi connectivity index (χ2n) is 3.57. The third-order valence-corrected chi connectivity index (χ3v) is 3.80. The topological polar surface area (TPSA) is 61.4 Å². The minimum absolute atomic E-state index is 0.0262. The number of carbonyl (C=O) groups is 1. The number of nitrogens with one attached hydrogen (secondary N) is 2. The molecule has 0 bridgehead atoms. The Morgan fingerprint density at radius 2 is 2.47 bits per heavy atom. The van der Waals surface area contributed by atoms with Crippen molar-refractivity contribution in [3.8, 4) is 0 Å². The van der Waals surface area contributed by atoms with E-state index in [0.717, 1.165) is 10.6 Å².